The molecule has 1 aromatic heterocycles. The summed E-state index contributed by atoms with van der Waals surface area (Å²) in [5.74, 6) is 0.586. The van der Waals surface area contributed by atoms with Crippen molar-refractivity contribution in [2.75, 3.05) is 38.3 Å². The van der Waals surface area contributed by atoms with Crippen LogP contribution in [0.2, 0.25) is 0 Å². The molecule has 1 aromatic carbocycles. The molecule has 0 saturated carbocycles. The quantitative estimate of drug-likeness (QED) is 0.778. The molecule has 0 spiro atoms. The first-order valence-corrected chi connectivity index (χ1v) is 9.28. The third-order valence-corrected chi connectivity index (χ3v) is 4.92. The van der Waals surface area contributed by atoms with Crippen molar-refractivity contribution in [2.45, 2.75) is 19.3 Å². The predicted octanol–water partition coefficient (Wildman–Crippen LogP) is 2.92. The Morgan fingerprint density at radius 1 is 1.19 bits per heavy atom. The highest BCUT2D eigenvalue weighted by atomic mass is 16.5. The fraction of sp³-hybridized carbons (Fsp3) is 0.429. The maximum atomic E-state index is 12.0. The molecule has 1 saturated heterocycles. The highest BCUT2D eigenvalue weighted by Gasteiger charge is 2.20. The van der Waals surface area contributed by atoms with Gasteiger partial charge in [0.15, 0.2) is 0 Å². The maximum Gasteiger partial charge on any atom is 0.269 e. The van der Waals surface area contributed by atoms with E-state index in [9.17, 15) is 4.79 Å². The number of amides is 1. The summed E-state index contributed by atoms with van der Waals surface area (Å²) in [5, 5.41) is 2.79. The minimum absolute atomic E-state index is 0.157. The van der Waals surface area contributed by atoms with E-state index in [0.717, 1.165) is 31.1 Å². The summed E-state index contributed by atoms with van der Waals surface area (Å²) >= 11 is 0. The monoisotopic (exact) mass is 353 g/mol. The fourth-order valence-electron chi connectivity index (χ4n) is 3.41. The number of nitrogens with zero attached hydrogens (tertiary/aromatic N) is 2. The first kappa shape index (κ1) is 18.4. The molecule has 5 heteroatoms. The number of carbonyl (C=O) groups excluding carboxylic acids is 1. The van der Waals surface area contributed by atoms with E-state index >= 15 is 0 Å². The Hall–Kier alpha value is -2.40. The van der Waals surface area contributed by atoms with Gasteiger partial charge in [-0.1, -0.05) is 30.3 Å². The zero-order valence-electron chi connectivity index (χ0n) is 15.4. The number of ether oxygens (including phenoxy) is 1. The standard InChI is InChI=1S/C21H27N3O2/c1-26-14-11-22-21(25)20-8-7-19(16-23-20)24-12-9-18(10-13-24)15-17-5-3-2-4-6-17/h2-8,16,18H,9-15H2,1H3,(H,22,25). The van der Waals surface area contributed by atoms with Crippen LogP contribution in [0.4, 0.5) is 5.69 Å². The molecule has 1 aliphatic heterocycles. The molecule has 3 rings (SSSR count). The SMILES string of the molecule is COCCNC(=O)c1ccc(N2CCC(Cc3ccccc3)CC2)cn1. The van der Waals surface area contributed by atoms with Crippen LogP contribution in [0, 0.1) is 5.92 Å². The van der Waals surface area contributed by atoms with Crippen molar-refractivity contribution < 1.29 is 9.53 Å². The minimum atomic E-state index is -0.157. The van der Waals surface area contributed by atoms with Gasteiger partial charge in [0.05, 0.1) is 18.5 Å². The van der Waals surface area contributed by atoms with E-state index < -0.39 is 0 Å². The molecule has 1 aliphatic rings. The number of carbonyl (C=O) groups is 1. The molecule has 26 heavy (non-hydrogen) atoms. The number of methoxy groups -OCH3 is 1. The van der Waals surface area contributed by atoms with Crippen LogP contribution in [0.5, 0.6) is 0 Å². The number of aromatic nitrogens is 1. The second-order valence-electron chi connectivity index (χ2n) is 6.77. The Labute approximate surface area is 155 Å². The number of anilines is 1. The number of hydrogen-bond donors (Lipinski definition) is 1. The molecular formula is C21H27N3O2. The number of hydrogen-bond acceptors (Lipinski definition) is 4. The lowest BCUT2D eigenvalue weighted by molar-refractivity contribution is 0.0932. The van der Waals surface area contributed by atoms with Crippen LogP contribution in [0.3, 0.4) is 0 Å². The summed E-state index contributed by atoms with van der Waals surface area (Å²) in [6, 6.07) is 14.5. The predicted molar refractivity (Wildman–Crippen MR) is 104 cm³/mol. The van der Waals surface area contributed by atoms with Gasteiger partial charge in [0.2, 0.25) is 0 Å². The van der Waals surface area contributed by atoms with Crippen molar-refractivity contribution in [3.63, 3.8) is 0 Å². The Morgan fingerprint density at radius 2 is 1.96 bits per heavy atom. The van der Waals surface area contributed by atoms with Crippen molar-refractivity contribution in [3.05, 3.63) is 59.9 Å². The van der Waals surface area contributed by atoms with Gasteiger partial charge in [0.25, 0.3) is 5.91 Å². The van der Waals surface area contributed by atoms with Crippen LogP contribution in [0.15, 0.2) is 48.7 Å². The zero-order valence-corrected chi connectivity index (χ0v) is 15.4. The molecule has 1 N–H and O–H groups in total. The third-order valence-electron chi connectivity index (χ3n) is 4.92. The second kappa shape index (κ2) is 9.34. The summed E-state index contributed by atoms with van der Waals surface area (Å²) in [7, 11) is 1.61. The first-order chi connectivity index (χ1) is 12.8. The maximum absolute atomic E-state index is 12.0. The third kappa shape index (κ3) is 5.05. The average Bonchev–Trinajstić information content (AvgIpc) is 2.70. The van der Waals surface area contributed by atoms with Gasteiger partial charge in [-0.15, -0.1) is 0 Å². The molecule has 1 amide bonds. The largest absolute Gasteiger partial charge is 0.383 e. The van der Waals surface area contributed by atoms with Gasteiger partial charge >= 0.3 is 0 Å². The Kier molecular flexibility index (Phi) is 6.61. The van der Waals surface area contributed by atoms with Crippen LogP contribution in [0.25, 0.3) is 0 Å². The Bertz CT molecular complexity index is 680. The highest BCUT2D eigenvalue weighted by Crippen LogP contribution is 2.25. The fourth-order valence-corrected chi connectivity index (χ4v) is 3.41. The smallest absolute Gasteiger partial charge is 0.269 e. The van der Waals surface area contributed by atoms with Crippen molar-refractivity contribution in [3.8, 4) is 0 Å². The highest BCUT2D eigenvalue weighted by molar-refractivity contribution is 5.92. The number of benzene rings is 1. The van der Waals surface area contributed by atoms with Crippen molar-refractivity contribution in [1.29, 1.82) is 0 Å². The molecule has 2 aromatic rings. The van der Waals surface area contributed by atoms with Crippen molar-refractivity contribution in [2.24, 2.45) is 5.92 Å². The lowest BCUT2D eigenvalue weighted by atomic mass is 9.90. The molecular weight excluding hydrogens is 326 g/mol. The molecule has 2 heterocycles. The van der Waals surface area contributed by atoms with E-state index in [2.05, 4.69) is 45.5 Å². The summed E-state index contributed by atoms with van der Waals surface area (Å²) < 4.78 is 4.93. The molecule has 0 atom stereocenters. The van der Waals surface area contributed by atoms with E-state index in [1.54, 1.807) is 13.2 Å². The van der Waals surface area contributed by atoms with Gasteiger partial charge in [0.1, 0.15) is 5.69 Å². The van der Waals surface area contributed by atoms with Crippen LogP contribution >= 0.6 is 0 Å². The molecule has 138 valence electrons. The molecule has 1 fully saturated rings. The Morgan fingerprint density at radius 3 is 2.62 bits per heavy atom. The van der Waals surface area contributed by atoms with Crippen molar-refractivity contribution in [1.82, 2.24) is 10.3 Å². The van der Waals surface area contributed by atoms with Crippen LogP contribution < -0.4 is 10.2 Å². The van der Waals surface area contributed by atoms with Crippen LogP contribution in [-0.4, -0.2) is 44.2 Å². The number of piperidine rings is 1. The summed E-state index contributed by atoms with van der Waals surface area (Å²) in [6.07, 6.45) is 5.35. The van der Waals surface area contributed by atoms with Gasteiger partial charge in [-0.25, -0.2) is 4.98 Å². The summed E-state index contributed by atoms with van der Waals surface area (Å²) in [5.41, 5.74) is 2.97. The van der Waals surface area contributed by atoms with Gasteiger partial charge < -0.3 is 15.0 Å². The van der Waals surface area contributed by atoms with E-state index in [0.29, 0.717) is 18.8 Å². The minimum Gasteiger partial charge on any atom is -0.383 e. The molecule has 5 nitrogen and oxygen atoms in total. The van der Waals surface area contributed by atoms with Gasteiger partial charge in [0, 0.05) is 26.7 Å². The molecule has 0 bridgehead atoms. The molecule has 0 radical (unpaired) electrons. The lowest BCUT2D eigenvalue weighted by Gasteiger charge is -2.33. The van der Waals surface area contributed by atoms with Gasteiger partial charge in [-0.2, -0.15) is 0 Å². The van der Waals surface area contributed by atoms with E-state index in [-0.39, 0.29) is 5.91 Å². The van der Waals surface area contributed by atoms with E-state index in [1.807, 2.05) is 12.3 Å². The topological polar surface area (TPSA) is 54.5 Å². The zero-order chi connectivity index (χ0) is 18.2. The van der Waals surface area contributed by atoms with Crippen molar-refractivity contribution >= 4 is 11.6 Å². The van der Waals surface area contributed by atoms with E-state index in [4.69, 9.17) is 4.74 Å². The van der Waals surface area contributed by atoms with Gasteiger partial charge in [-0.05, 0) is 42.9 Å². The summed E-state index contributed by atoms with van der Waals surface area (Å²) in [4.78, 5) is 18.7. The number of nitrogens with one attached hydrogen (secondary N) is 1. The average molecular weight is 353 g/mol. The molecule has 0 unspecified atom stereocenters. The second-order valence-corrected chi connectivity index (χ2v) is 6.77. The van der Waals surface area contributed by atoms with E-state index in [1.165, 1.54) is 18.4 Å². The first-order valence-electron chi connectivity index (χ1n) is 9.28. The van der Waals surface area contributed by atoms with Crippen LogP contribution in [0.1, 0.15) is 28.9 Å². The Balaban J connectivity index is 1.49. The number of rotatable bonds is 7. The summed E-state index contributed by atoms with van der Waals surface area (Å²) in [6.45, 7) is 3.08. The normalized spacial score (nSPS) is 15.0. The number of pyridine rings is 1. The van der Waals surface area contributed by atoms with Gasteiger partial charge in [-0.3, -0.25) is 4.79 Å². The molecule has 0 aliphatic carbocycles. The lowest BCUT2D eigenvalue weighted by Crippen LogP contribution is -2.34. The van der Waals surface area contributed by atoms with Crippen LogP contribution in [-0.2, 0) is 11.2 Å².